The fourth-order valence-corrected chi connectivity index (χ4v) is 4.03. The van der Waals surface area contributed by atoms with Crippen LogP contribution in [0.4, 0.5) is 5.69 Å². The van der Waals surface area contributed by atoms with E-state index < -0.39 is 0 Å². The van der Waals surface area contributed by atoms with Gasteiger partial charge >= 0.3 is 0 Å². The molecule has 0 heterocycles. The molecule has 3 atom stereocenters. The van der Waals surface area contributed by atoms with Crippen molar-refractivity contribution in [2.45, 2.75) is 32.1 Å². The zero-order chi connectivity index (χ0) is 13.1. The van der Waals surface area contributed by atoms with Gasteiger partial charge in [-0.2, -0.15) is 5.26 Å². The van der Waals surface area contributed by atoms with E-state index in [1.807, 2.05) is 0 Å². The molecule has 2 bridgehead atoms. The fraction of sp³-hybridized carbons (Fsp3) is 0.588. The zero-order valence-corrected chi connectivity index (χ0v) is 11.5. The highest BCUT2D eigenvalue weighted by atomic mass is 15.1. The number of nitrogens with zero attached hydrogens (tertiary/aromatic N) is 2. The number of fused-ring (bicyclic) bond motifs is 2. The van der Waals surface area contributed by atoms with Gasteiger partial charge in [0.05, 0.1) is 12.5 Å². The van der Waals surface area contributed by atoms with Gasteiger partial charge in [-0.25, -0.2) is 0 Å². The molecule has 2 nitrogen and oxygen atoms in total. The highest BCUT2D eigenvalue weighted by Crippen LogP contribution is 2.48. The Morgan fingerprint density at radius 1 is 1.16 bits per heavy atom. The van der Waals surface area contributed by atoms with Crippen molar-refractivity contribution in [3.8, 4) is 6.07 Å². The molecule has 100 valence electrons. The Morgan fingerprint density at radius 2 is 2.00 bits per heavy atom. The van der Waals surface area contributed by atoms with Gasteiger partial charge in [-0.15, -0.1) is 0 Å². The van der Waals surface area contributed by atoms with Crippen molar-refractivity contribution >= 4 is 5.69 Å². The van der Waals surface area contributed by atoms with Crippen LogP contribution in [-0.4, -0.2) is 13.1 Å². The zero-order valence-electron chi connectivity index (χ0n) is 11.5. The van der Waals surface area contributed by atoms with Gasteiger partial charge in [-0.3, -0.25) is 0 Å². The summed E-state index contributed by atoms with van der Waals surface area (Å²) in [5.41, 5.74) is 1.28. The highest BCUT2D eigenvalue weighted by Gasteiger charge is 2.39. The molecule has 0 N–H and O–H groups in total. The normalized spacial score (nSPS) is 28.3. The second kappa shape index (κ2) is 5.65. The van der Waals surface area contributed by atoms with Crippen LogP contribution in [0.25, 0.3) is 0 Å². The average Bonchev–Trinajstić information content (AvgIpc) is 3.07. The van der Waals surface area contributed by atoms with Crippen molar-refractivity contribution in [2.24, 2.45) is 17.8 Å². The van der Waals surface area contributed by atoms with Crippen molar-refractivity contribution in [1.82, 2.24) is 0 Å². The highest BCUT2D eigenvalue weighted by molar-refractivity contribution is 5.46. The lowest BCUT2D eigenvalue weighted by Gasteiger charge is -2.31. The van der Waals surface area contributed by atoms with E-state index in [0.717, 1.165) is 30.8 Å². The lowest BCUT2D eigenvalue weighted by atomic mass is 9.88. The van der Waals surface area contributed by atoms with E-state index in [1.54, 1.807) is 0 Å². The number of benzene rings is 1. The number of hydrogen-bond donors (Lipinski definition) is 0. The average molecular weight is 254 g/mol. The SMILES string of the molecule is N#CCCN(CC1CC2CCC1C2)c1ccccc1. The van der Waals surface area contributed by atoms with Gasteiger partial charge in [-0.1, -0.05) is 24.6 Å². The third-order valence-corrected chi connectivity index (χ3v) is 4.95. The van der Waals surface area contributed by atoms with E-state index in [1.165, 1.54) is 31.4 Å². The Morgan fingerprint density at radius 3 is 2.63 bits per heavy atom. The van der Waals surface area contributed by atoms with E-state index in [0.29, 0.717) is 6.42 Å². The Bertz CT molecular complexity index is 448. The summed E-state index contributed by atoms with van der Waals surface area (Å²) >= 11 is 0. The first-order chi connectivity index (χ1) is 9.36. The predicted octanol–water partition coefficient (Wildman–Crippen LogP) is 3.84. The first kappa shape index (κ1) is 12.5. The summed E-state index contributed by atoms with van der Waals surface area (Å²) in [6.07, 6.45) is 6.41. The van der Waals surface area contributed by atoms with Gasteiger partial charge < -0.3 is 4.90 Å². The largest absolute Gasteiger partial charge is 0.370 e. The van der Waals surface area contributed by atoms with Crippen LogP contribution in [0.2, 0.25) is 0 Å². The third kappa shape index (κ3) is 2.76. The van der Waals surface area contributed by atoms with Crippen LogP contribution in [0.1, 0.15) is 32.1 Å². The third-order valence-electron chi connectivity index (χ3n) is 4.95. The lowest BCUT2D eigenvalue weighted by Crippen LogP contribution is -2.32. The Hall–Kier alpha value is -1.49. The summed E-state index contributed by atoms with van der Waals surface area (Å²) in [7, 11) is 0. The van der Waals surface area contributed by atoms with Crippen LogP contribution in [0, 0.1) is 29.1 Å². The van der Waals surface area contributed by atoms with Gasteiger partial charge in [0.2, 0.25) is 0 Å². The lowest BCUT2D eigenvalue weighted by molar-refractivity contribution is 0.334. The molecule has 2 saturated carbocycles. The molecule has 2 aliphatic rings. The summed E-state index contributed by atoms with van der Waals surface area (Å²) in [5, 5.41) is 8.85. The van der Waals surface area contributed by atoms with Crippen LogP contribution in [0.5, 0.6) is 0 Å². The molecule has 3 unspecified atom stereocenters. The van der Waals surface area contributed by atoms with E-state index in [-0.39, 0.29) is 0 Å². The number of anilines is 1. The van der Waals surface area contributed by atoms with E-state index >= 15 is 0 Å². The molecule has 1 aromatic rings. The summed E-state index contributed by atoms with van der Waals surface area (Å²) in [5.74, 6) is 2.82. The molecular formula is C17H22N2. The Balaban J connectivity index is 1.68. The molecule has 0 aromatic heterocycles. The number of nitriles is 1. The Kier molecular flexibility index (Phi) is 3.73. The molecule has 0 radical (unpaired) electrons. The maximum Gasteiger partial charge on any atom is 0.0640 e. The van der Waals surface area contributed by atoms with Crippen molar-refractivity contribution in [3.63, 3.8) is 0 Å². The van der Waals surface area contributed by atoms with Crippen LogP contribution in [-0.2, 0) is 0 Å². The number of rotatable bonds is 5. The van der Waals surface area contributed by atoms with Gasteiger partial charge in [0, 0.05) is 18.8 Å². The first-order valence-corrected chi connectivity index (χ1v) is 7.53. The van der Waals surface area contributed by atoms with Crippen molar-refractivity contribution in [3.05, 3.63) is 30.3 Å². The molecule has 2 aliphatic carbocycles. The molecule has 19 heavy (non-hydrogen) atoms. The molecule has 3 rings (SSSR count). The van der Waals surface area contributed by atoms with Crippen LogP contribution < -0.4 is 4.90 Å². The smallest absolute Gasteiger partial charge is 0.0640 e. The summed E-state index contributed by atoms with van der Waals surface area (Å²) in [4.78, 5) is 2.43. The molecule has 2 heteroatoms. The van der Waals surface area contributed by atoms with Crippen LogP contribution in [0.15, 0.2) is 30.3 Å². The topological polar surface area (TPSA) is 27.0 Å². The van der Waals surface area contributed by atoms with Gasteiger partial charge in [0.1, 0.15) is 0 Å². The van der Waals surface area contributed by atoms with E-state index in [2.05, 4.69) is 41.3 Å². The second-order valence-corrected chi connectivity index (χ2v) is 6.12. The minimum Gasteiger partial charge on any atom is -0.370 e. The van der Waals surface area contributed by atoms with Gasteiger partial charge in [0.15, 0.2) is 0 Å². The second-order valence-electron chi connectivity index (χ2n) is 6.12. The van der Waals surface area contributed by atoms with Crippen molar-refractivity contribution in [1.29, 1.82) is 5.26 Å². The molecular weight excluding hydrogens is 232 g/mol. The molecule has 1 aromatic carbocycles. The summed E-state index contributed by atoms with van der Waals surface area (Å²) < 4.78 is 0. The monoisotopic (exact) mass is 254 g/mol. The molecule has 0 spiro atoms. The summed E-state index contributed by atoms with van der Waals surface area (Å²) in [6, 6.07) is 12.9. The Labute approximate surface area is 116 Å². The molecule has 0 aliphatic heterocycles. The van der Waals surface area contributed by atoms with Gasteiger partial charge in [-0.05, 0) is 49.1 Å². The fourth-order valence-electron chi connectivity index (χ4n) is 4.03. The maximum atomic E-state index is 8.85. The van der Waals surface area contributed by atoms with Crippen molar-refractivity contribution in [2.75, 3.05) is 18.0 Å². The quantitative estimate of drug-likeness (QED) is 0.798. The van der Waals surface area contributed by atoms with Gasteiger partial charge in [0.25, 0.3) is 0 Å². The van der Waals surface area contributed by atoms with E-state index in [9.17, 15) is 0 Å². The van der Waals surface area contributed by atoms with Crippen LogP contribution >= 0.6 is 0 Å². The molecule has 2 fully saturated rings. The van der Waals surface area contributed by atoms with Crippen molar-refractivity contribution < 1.29 is 0 Å². The minimum absolute atomic E-state index is 0.621. The van der Waals surface area contributed by atoms with E-state index in [4.69, 9.17) is 5.26 Å². The standard InChI is InChI=1S/C17H22N2/c18-9-4-10-19(17-5-2-1-3-6-17)13-16-12-14-7-8-15(16)11-14/h1-3,5-6,14-16H,4,7-8,10-13H2. The summed E-state index contributed by atoms with van der Waals surface area (Å²) in [6.45, 7) is 2.02. The van der Waals surface area contributed by atoms with Crippen LogP contribution in [0.3, 0.4) is 0 Å². The molecule has 0 saturated heterocycles. The minimum atomic E-state index is 0.621. The predicted molar refractivity (Wildman–Crippen MR) is 77.8 cm³/mol. The molecule has 0 amide bonds. The number of hydrogen-bond acceptors (Lipinski definition) is 2. The first-order valence-electron chi connectivity index (χ1n) is 7.53. The maximum absolute atomic E-state index is 8.85. The number of para-hydroxylation sites is 1.